The lowest BCUT2D eigenvalue weighted by molar-refractivity contribution is -0.110. The van der Waals surface area contributed by atoms with Crippen molar-refractivity contribution in [2.45, 2.75) is 38.1 Å². The zero-order valence-electron chi connectivity index (χ0n) is 21.5. The Hall–Kier alpha value is -3.43. The first-order valence-electron chi connectivity index (χ1n) is 13.2. The molecular weight excluding hydrogens is 464 g/mol. The van der Waals surface area contributed by atoms with Crippen LogP contribution in [0.25, 0.3) is 0 Å². The molecule has 2 aliphatic carbocycles. The molecular formula is C28H36N8O. The maximum absolute atomic E-state index is 12.9. The van der Waals surface area contributed by atoms with Gasteiger partial charge in [0.1, 0.15) is 5.71 Å². The molecule has 1 aliphatic heterocycles. The van der Waals surface area contributed by atoms with E-state index in [1.807, 2.05) is 30.6 Å². The van der Waals surface area contributed by atoms with Crippen LogP contribution in [0, 0.1) is 16.7 Å². The van der Waals surface area contributed by atoms with Gasteiger partial charge in [0.15, 0.2) is 0 Å². The predicted molar refractivity (Wildman–Crippen MR) is 147 cm³/mol. The quantitative estimate of drug-likeness (QED) is 0.391. The van der Waals surface area contributed by atoms with Crippen molar-refractivity contribution >= 4 is 28.7 Å². The normalized spacial score (nSPS) is 20.8. The lowest BCUT2D eigenvalue weighted by atomic mass is 9.83. The van der Waals surface area contributed by atoms with Crippen molar-refractivity contribution in [3.8, 4) is 0 Å². The lowest BCUT2D eigenvalue weighted by Gasteiger charge is -2.32. The van der Waals surface area contributed by atoms with E-state index in [9.17, 15) is 4.79 Å². The molecule has 4 N–H and O–H groups in total. The summed E-state index contributed by atoms with van der Waals surface area (Å²) in [5.74, 6) is 0.263. The molecule has 9 nitrogen and oxygen atoms in total. The van der Waals surface area contributed by atoms with Crippen LogP contribution in [-0.2, 0) is 11.3 Å². The summed E-state index contributed by atoms with van der Waals surface area (Å²) < 4.78 is 0. The van der Waals surface area contributed by atoms with E-state index in [0.29, 0.717) is 23.4 Å². The molecule has 3 aliphatic rings. The van der Waals surface area contributed by atoms with Gasteiger partial charge in [-0.1, -0.05) is 6.08 Å². The molecule has 194 valence electrons. The Morgan fingerprint density at radius 3 is 2.62 bits per heavy atom. The van der Waals surface area contributed by atoms with Gasteiger partial charge in [0.2, 0.25) is 0 Å². The van der Waals surface area contributed by atoms with Gasteiger partial charge in [0, 0.05) is 68.9 Å². The van der Waals surface area contributed by atoms with Crippen LogP contribution in [0.2, 0.25) is 0 Å². The highest BCUT2D eigenvalue weighted by Crippen LogP contribution is 2.32. The number of hydrogen-bond acceptors (Lipinski definition) is 8. The largest absolute Gasteiger partial charge is 0.384 e. The molecule has 0 bridgehead atoms. The Balaban J connectivity index is 1.20. The number of likely N-dealkylation sites (N-methyl/N-ethyl adjacent to an activating group) is 1. The number of amides is 1. The molecule has 0 spiro atoms. The van der Waals surface area contributed by atoms with Gasteiger partial charge >= 0.3 is 0 Å². The van der Waals surface area contributed by atoms with Crippen molar-refractivity contribution in [3.05, 3.63) is 59.7 Å². The molecule has 1 amide bonds. The lowest BCUT2D eigenvalue weighted by Crippen LogP contribution is -2.44. The Labute approximate surface area is 218 Å². The van der Waals surface area contributed by atoms with Crippen molar-refractivity contribution < 1.29 is 4.79 Å². The van der Waals surface area contributed by atoms with Crippen LogP contribution in [0.3, 0.4) is 0 Å². The molecule has 2 aromatic rings. The van der Waals surface area contributed by atoms with E-state index in [-0.39, 0.29) is 11.6 Å². The van der Waals surface area contributed by atoms with E-state index in [4.69, 9.17) is 10.8 Å². The minimum absolute atomic E-state index is 0.0166. The van der Waals surface area contributed by atoms with Crippen LogP contribution in [0.1, 0.15) is 42.9 Å². The summed E-state index contributed by atoms with van der Waals surface area (Å²) in [6, 6.07) is 5.85. The fourth-order valence-electron chi connectivity index (χ4n) is 4.80. The third-order valence-corrected chi connectivity index (χ3v) is 7.44. The minimum Gasteiger partial charge on any atom is -0.384 e. The standard InChI is InChI=1S/C28H36N8O/c1-35-8-10-36(11-9-35)18-23-6-5-22(17-33-23)34-28(37)27(30)25-13-20(4-7-26(25)29)21-12-24(16-31-15-21)32-14-19-2-3-19/h5-6,12-13,15-17,19-20,29-30,32H,2-4,7-11,14,18H2,1H3,(H,34,37). The predicted octanol–water partition coefficient (Wildman–Crippen LogP) is 3.53. The van der Waals surface area contributed by atoms with E-state index in [1.54, 1.807) is 6.20 Å². The van der Waals surface area contributed by atoms with E-state index >= 15 is 0 Å². The number of anilines is 2. The number of carbonyl (C=O) groups is 1. The van der Waals surface area contributed by atoms with Gasteiger partial charge in [-0.3, -0.25) is 25.1 Å². The molecule has 1 saturated carbocycles. The van der Waals surface area contributed by atoms with Crippen LogP contribution in [0.5, 0.6) is 0 Å². The van der Waals surface area contributed by atoms with Crippen LogP contribution >= 0.6 is 0 Å². The van der Waals surface area contributed by atoms with Gasteiger partial charge < -0.3 is 20.9 Å². The van der Waals surface area contributed by atoms with Gasteiger partial charge in [-0.2, -0.15) is 0 Å². The molecule has 0 radical (unpaired) electrons. The molecule has 2 fully saturated rings. The zero-order chi connectivity index (χ0) is 25.8. The van der Waals surface area contributed by atoms with Gasteiger partial charge in [0.25, 0.3) is 5.91 Å². The summed E-state index contributed by atoms with van der Waals surface area (Å²) in [4.78, 5) is 26.5. The van der Waals surface area contributed by atoms with Crippen molar-refractivity contribution in [3.63, 3.8) is 0 Å². The Morgan fingerprint density at radius 2 is 1.89 bits per heavy atom. The molecule has 5 rings (SSSR count). The molecule has 3 heterocycles. The van der Waals surface area contributed by atoms with Crippen LogP contribution < -0.4 is 10.6 Å². The van der Waals surface area contributed by atoms with Gasteiger partial charge in [-0.15, -0.1) is 0 Å². The van der Waals surface area contributed by atoms with Crippen LogP contribution in [0.15, 0.2) is 48.4 Å². The van der Waals surface area contributed by atoms with E-state index in [1.165, 1.54) is 12.8 Å². The summed E-state index contributed by atoms with van der Waals surface area (Å²) in [6.07, 6.45) is 11.1. The molecule has 1 saturated heterocycles. The summed E-state index contributed by atoms with van der Waals surface area (Å²) in [5.41, 5.74) is 4.08. The number of nitrogens with one attached hydrogen (secondary N) is 4. The average molecular weight is 501 g/mol. The van der Waals surface area contributed by atoms with Gasteiger partial charge in [-0.05, 0) is 62.4 Å². The van der Waals surface area contributed by atoms with Crippen LogP contribution in [-0.4, -0.2) is 76.9 Å². The third-order valence-electron chi connectivity index (χ3n) is 7.44. The first-order valence-corrected chi connectivity index (χ1v) is 13.2. The smallest absolute Gasteiger partial charge is 0.274 e. The fraction of sp³-hybridized carbons (Fsp3) is 0.464. The summed E-state index contributed by atoms with van der Waals surface area (Å²) in [7, 11) is 2.14. The maximum Gasteiger partial charge on any atom is 0.274 e. The number of rotatable bonds is 9. The Bertz CT molecular complexity index is 1180. The molecule has 0 aromatic carbocycles. The van der Waals surface area contributed by atoms with Gasteiger partial charge in [0.05, 0.1) is 23.3 Å². The van der Waals surface area contributed by atoms with Gasteiger partial charge in [-0.25, -0.2) is 0 Å². The molecule has 9 heteroatoms. The minimum atomic E-state index is -0.525. The van der Waals surface area contributed by atoms with Crippen molar-refractivity contribution in [2.75, 3.05) is 50.4 Å². The number of piperazine rings is 1. The van der Waals surface area contributed by atoms with Crippen molar-refractivity contribution in [2.24, 2.45) is 5.92 Å². The SMILES string of the molecule is CN1CCN(Cc2ccc(NC(=O)C(=N)C3=CC(c4cncc(NCC5CC5)c4)CCC3=N)cn2)CC1. The second-order valence-electron chi connectivity index (χ2n) is 10.5. The van der Waals surface area contributed by atoms with Crippen molar-refractivity contribution in [1.29, 1.82) is 10.8 Å². The summed E-state index contributed by atoms with van der Waals surface area (Å²) in [6.45, 7) is 5.91. The number of pyridine rings is 2. The second-order valence-corrected chi connectivity index (χ2v) is 10.5. The van der Waals surface area contributed by atoms with Crippen LogP contribution in [0.4, 0.5) is 11.4 Å². The number of carbonyl (C=O) groups excluding carboxylic acids is 1. The Morgan fingerprint density at radius 1 is 1.08 bits per heavy atom. The third kappa shape index (κ3) is 6.67. The summed E-state index contributed by atoms with van der Waals surface area (Å²) in [5, 5.41) is 23.2. The summed E-state index contributed by atoms with van der Waals surface area (Å²) >= 11 is 0. The first-order chi connectivity index (χ1) is 17.9. The second kappa shape index (κ2) is 11.3. The average Bonchev–Trinajstić information content (AvgIpc) is 3.75. The Kier molecular flexibility index (Phi) is 7.71. The number of allylic oxidation sites excluding steroid dienone is 1. The van der Waals surface area contributed by atoms with Crippen molar-refractivity contribution in [1.82, 2.24) is 19.8 Å². The monoisotopic (exact) mass is 500 g/mol. The first kappa shape index (κ1) is 25.2. The molecule has 1 atom stereocenters. The fourth-order valence-corrected chi connectivity index (χ4v) is 4.80. The highest BCUT2D eigenvalue weighted by molar-refractivity contribution is 6.53. The number of nitrogens with zero attached hydrogens (tertiary/aromatic N) is 4. The zero-order valence-corrected chi connectivity index (χ0v) is 21.5. The number of aromatic nitrogens is 2. The van der Waals surface area contributed by atoms with E-state index in [2.05, 4.69) is 43.5 Å². The molecule has 1 unspecified atom stereocenters. The van der Waals surface area contributed by atoms with E-state index < -0.39 is 5.91 Å². The highest BCUT2D eigenvalue weighted by Gasteiger charge is 2.26. The number of hydrogen-bond donors (Lipinski definition) is 4. The maximum atomic E-state index is 12.9. The highest BCUT2D eigenvalue weighted by atomic mass is 16.1. The van der Waals surface area contributed by atoms with E-state index in [0.717, 1.165) is 68.6 Å². The molecule has 37 heavy (non-hydrogen) atoms. The topological polar surface area (TPSA) is 121 Å². The molecule has 2 aromatic heterocycles.